The van der Waals surface area contributed by atoms with Gasteiger partial charge in [0, 0.05) is 11.4 Å². The van der Waals surface area contributed by atoms with Gasteiger partial charge in [0.05, 0.1) is 7.11 Å². The van der Waals surface area contributed by atoms with Crippen molar-refractivity contribution >= 4 is 21.8 Å². The lowest BCUT2D eigenvalue weighted by Crippen LogP contribution is -2.10. The monoisotopic (exact) mass is 279 g/mol. The minimum atomic E-state index is -3.96. The molecule has 100 valence electrons. The normalized spacial score (nSPS) is 11.0. The Balaban J connectivity index is 2.07. The van der Waals surface area contributed by atoms with E-state index in [9.17, 15) is 8.42 Å². The quantitative estimate of drug-likeness (QED) is 0.911. The summed E-state index contributed by atoms with van der Waals surface area (Å²) >= 11 is 0. The molecule has 0 spiro atoms. The molecule has 0 aliphatic rings. The summed E-state index contributed by atoms with van der Waals surface area (Å²) in [5.74, 6) is 0.195. The lowest BCUT2D eigenvalue weighted by Gasteiger charge is -2.07. The molecule has 2 rings (SSSR count). The van der Waals surface area contributed by atoms with Crippen LogP contribution in [0.4, 0.5) is 11.4 Å². The third-order valence-electron chi connectivity index (χ3n) is 2.32. The number of nitrogens with one attached hydrogen (secondary N) is 1. The Hall–Kier alpha value is -2.05. The zero-order chi connectivity index (χ0) is 13.7. The van der Waals surface area contributed by atoms with E-state index in [1.54, 1.807) is 24.3 Å². The molecule has 6 heteroatoms. The van der Waals surface area contributed by atoms with Crippen LogP contribution < -0.4 is 9.50 Å². The lowest BCUT2D eigenvalue weighted by molar-refractivity contribution is 0.330. The van der Waals surface area contributed by atoms with Gasteiger partial charge in [-0.2, -0.15) is 8.42 Å². The van der Waals surface area contributed by atoms with E-state index in [0.29, 0.717) is 0 Å². The van der Waals surface area contributed by atoms with E-state index in [1.807, 2.05) is 30.3 Å². The summed E-state index contributed by atoms with van der Waals surface area (Å²) in [6, 6.07) is 16.2. The van der Waals surface area contributed by atoms with E-state index in [0.717, 1.165) is 18.5 Å². The van der Waals surface area contributed by atoms with Gasteiger partial charge in [0.15, 0.2) is 0 Å². The maximum atomic E-state index is 11.1. The number of benzene rings is 2. The molecule has 0 saturated carbocycles. The SMILES string of the molecule is COS(=O)(=O)Oc1ccc(Nc2ccccc2)cc1. The highest BCUT2D eigenvalue weighted by atomic mass is 32.3. The first kappa shape index (κ1) is 13.4. The van der Waals surface area contributed by atoms with Crippen LogP contribution in [0.15, 0.2) is 54.6 Å². The standard InChI is InChI=1S/C13H13NO4S/c1-17-19(15,16)18-13-9-7-12(8-10-13)14-11-5-3-2-4-6-11/h2-10,14H,1H3. The molecular weight excluding hydrogens is 266 g/mol. The van der Waals surface area contributed by atoms with Crippen LogP contribution in [0, 0.1) is 0 Å². The highest BCUT2D eigenvalue weighted by molar-refractivity contribution is 7.82. The van der Waals surface area contributed by atoms with Gasteiger partial charge in [-0.05, 0) is 36.4 Å². The van der Waals surface area contributed by atoms with Crippen molar-refractivity contribution in [2.75, 3.05) is 12.4 Å². The molecule has 19 heavy (non-hydrogen) atoms. The summed E-state index contributed by atoms with van der Waals surface area (Å²) < 4.78 is 31.0. The second kappa shape index (κ2) is 5.73. The van der Waals surface area contributed by atoms with Crippen molar-refractivity contribution < 1.29 is 16.8 Å². The van der Waals surface area contributed by atoms with Crippen LogP contribution in [0.1, 0.15) is 0 Å². The minimum Gasteiger partial charge on any atom is -0.362 e. The molecule has 0 bridgehead atoms. The molecule has 2 aromatic rings. The fourth-order valence-electron chi connectivity index (χ4n) is 1.43. The molecule has 0 saturated heterocycles. The molecule has 1 N–H and O–H groups in total. The Kier molecular flexibility index (Phi) is 4.03. The van der Waals surface area contributed by atoms with Gasteiger partial charge in [-0.1, -0.05) is 18.2 Å². The summed E-state index contributed by atoms with van der Waals surface area (Å²) in [6.45, 7) is 0. The van der Waals surface area contributed by atoms with Crippen molar-refractivity contribution in [1.82, 2.24) is 0 Å². The van der Waals surface area contributed by atoms with E-state index in [4.69, 9.17) is 0 Å². The Morgan fingerprint density at radius 3 is 2.05 bits per heavy atom. The first-order chi connectivity index (χ1) is 9.09. The van der Waals surface area contributed by atoms with Crippen molar-refractivity contribution in [1.29, 1.82) is 0 Å². The van der Waals surface area contributed by atoms with E-state index < -0.39 is 10.4 Å². The van der Waals surface area contributed by atoms with Crippen LogP contribution in [0.25, 0.3) is 0 Å². The number of hydrogen-bond donors (Lipinski definition) is 1. The molecular formula is C13H13NO4S. The van der Waals surface area contributed by atoms with Gasteiger partial charge in [0.1, 0.15) is 5.75 Å². The molecule has 0 fully saturated rings. The van der Waals surface area contributed by atoms with Crippen molar-refractivity contribution in [3.05, 3.63) is 54.6 Å². The number of anilines is 2. The lowest BCUT2D eigenvalue weighted by atomic mass is 10.2. The third kappa shape index (κ3) is 3.97. The van der Waals surface area contributed by atoms with E-state index >= 15 is 0 Å². The first-order valence-electron chi connectivity index (χ1n) is 5.51. The van der Waals surface area contributed by atoms with Gasteiger partial charge in [0.2, 0.25) is 0 Å². The molecule has 0 heterocycles. The number of hydrogen-bond acceptors (Lipinski definition) is 5. The molecule has 0 aliphatic heterocycles. The van der Waals surface area contributed by atoms with Gasteiger partial charge < -0.3 is 9.50 Å². The minimum absolute atomic E-state index is 0.195. The Morgan fingerprint density at radius 1 is 0.895 bits per heavy atom. The highest BCUT2D eigenvalue weighted by Crippen LogP contribution is 2.20. The van der Waals surface area contributed by atoms with Crippen molar-refractivity contribution in [3.8, 4) is 5.75 Å². The highest BCUT2D eigenvalue weighted by Gasteiger charge is 2.10. The average molecular weight is 279 g/mol. The van der Waals surface area contributed by atoms with Crippen LogP contribution in [-0.2, 0) is 14.6 Å². The van der Waals surface area contributed by atoms with E-state index in [1.165, 1.54) is 0 Å². The van der Waals surface area contributed by atoms with E-state index in [2.05, 4.69) is 13.7 Å². The van der Waals surface area contributed by atoms with Crippen molar-refractivity contribution in [2.45, 2.75) is 0 Å². The fraction of sp³-hybridized carbons (Fsp3) is 0.0769. The fourth-order valence-corrected chi connectivity index (χ4v) is 1.85. The van der Waals surface area contributed by atoms with Crippen LogP contribution in [0.2, 0.25) is 0 Å². The van der Waals surface area contributed by atoms with Gasteiger partial charge in [-0.15, -0.1) is 0 Å². The second-order valence-corrected chi connectivity index (χ2v) is 4.99. The molecule has 0 aromatic heterocycles. The van der Waals surface area contributed by atoms with Gasteiger partial charge in [-0.25, -0.2) is 4.18 Å². The smallest absolute Gasteiger partial charge is 0.362 e. The maximum absolute atomic E-state index is 11.1. The number of rotatable bonds is 5. The third-order valence-corrected chi connectivity index (χ3v) is 3.12. The van der Waals surface area contributed by atoms with Gasteiger partial charge >= 0.3 is 10.4 Å². The summed E-state index contributed by atoms with van der Waals surface area (Å²) in [5.41, 5.74) is 1.77. The van der Waals surface area contributed by atoms with Crippen LogP contribution in [0.3, 0.4) is 0 Å². The predicted molar refractivity (Wildman–Crippen MR) is 72.7 cm³/mol. The van der Waals surface area contributed by atoms with Crippen molar-refractivity contribution in [3.63, 3.8) is 0 Å². The second-order valence-electron chi connectivity index (χ2n) is 3.67. The summed E-state index contributed by atoms with van der Waals surface area (Å²) in [7, 11) is -2.92. The zero-order valence-corrected chi connectivity index (χ0v) is 11.1. The van der Waals surface area contributed by atoms with Crippen LogP contribution >= 0.6 is 0 Å². The topological polar surface area (TPSA) is 64.6 Å². The van der Waals surface area contributed by atoms with Crippen molar-refractivity contribution in [2.24, 2.45) is 0 Å². The summed E-state index contributed by atoms with van der Waals surface area (Å²) in [5, 5.41) is 3.17. The Bertz CT molecular complexity index is 623. The van der Waals surface area contributed by atoms with Gasteiger partial charge in [-0.3, -0.25) is 0 Å². The molecule has 0 atom stereocenters. The molecule has 0 aliphatic carbocycles. The zero-order valence-electron chi connectivity index (χ0n) is 10.2. The molecule has 0 amide bonds. The molecule has 0 unspecified atom stereocenters. The number of para-hydroxylation sites is 1. The van der Waals surface area contributed by atoms with Gasteiger partial charge in [0.25, 0.3) is 0 Å². The Labute approximate surface area is 112 Å². The molecule has 0 radical (unpaired) electrons. The van der Waals surface area contributed by atoms with E-state index in [-0.39, 0.29) is 5.75 Å². The summed E-state index contributed by atoms with van der Waals surface area (Å²) in [6.07, 6.45) is 0. The first-order valence-corrected chi connectivity index (χ1v) is 6.84. The predicted octanol–water partition coefficient (Wildman–Crippen LogP) is 2.70. The Morgan fingerprint density at radius 2 is 1.47 bits per heavy atom. The largest absolute Gasteiger partial charge is 0.448 e. The van der Waals surface area contributed by atoms with Crippen LogP contribution in [-0.4, -0.2) is 15.5 Å². The molecule has 5 nitrogen and oxygen atoms in total. The molecule has 2 aromatic carbocycles. The average Bonchev–Trinajstić information content (AvgIpc) is 2.42. The maximum Gasteiger partial charge on any atom is 0.448 e. The summed E-state index contributed by atoms with van der Waals surface area (Å²) in [4.78, 5) is 0. The van der Waals surface area contributed by atoms with Crippen LogP contribution in [0.5, 0.6) is 5.75 Å².